The first-order chi connectivity index (χ1) is 9.56. The molecule has 0 amide bonds. The van der Waals surface area contributed by atoms with Crippen LogP contribution in [0.3, 0.4) is 0 Å². The Hall–Kier alpha value is -1.81. The highest BCUT2D eigenvalue weighted by atomic mass is 16.4. The summed E-state index contributed by atoms with van der Waals surface area (Å²) in [6, 6.07) is 6.39. The second-order valence-electron chi connectivity index (χ2n) is 5.85. The van der Waals surface area contributed by atoms with Crippen molar-refractivity contribution in [2.75, 3.05) is 0 Å². The van der Waals surface area contributed by atoms with Gasteiger partial charge in [0.15, 0.2) is 0 Å². The molecule has 4 heteroatoms. The van der Waals surface area contributed by atoms with E-state index in [-0.39, 0.29) is 0 Å². The van der Waals surface area contributed by atoms with Gasteiger partial charge in [-0.05, 0) is 44.4 Å². The average molecular weight is 272 g/mol. The number of carboxylic acid groups (broad SMARTS) is 1. The summed E-state index contributed by atoms with van der Waals surface area (Å²) in [5, 5.41) is 13.8. The van der Waals surface area contributed by atoms with E-state index in [2.05, 4.69) is 29.9 Å². The maximum absolute atomic E-state index is 11.1. The molecule has 0 radical (unpaired) electrons. The summed E-state index contributed by atoms with van der Waals surface area (Å²) in [6.45, 7) is 5.09. The lowest BCUT2D eigenvalue weighted by Gasteiger charge is -2.09. The zero-order valence-electron chi connectivity index (χ0n) is 11.9. The van der Waals surface area contributed by atoms with Crippen molar-refractivity contribution in [2.24, 2.45) is 0 Å². The van der Waals surface area contributed by atoms with Crippen molar-refractivity contribution in [1.82, 2.24) is 9.88 Å². The molecule has 0 atom stereocenters. The highest BCUT2D eigenvalue weighted by molar-refractivity contribution is 5.94. The van der Waals surface area contributed by atoms with E-state index in [0.29, 0.717) is 17.6 Å². The highest BCUT2D eigenvalue weighted by Gasteiger charge is 2.21. The van der Waals surface area contributed by atoms with Crippen LogP contribution in [0.15, 0.2) is 24.4 Å². The molecule has 2 N–H and O–H groups in total. The largest absolute Gasteiger partial charge is 0.478 e. The molecule has 3 rings (SSSR count). The smallest absolute Gasteiger partial charge is 0.335 e. The standard InChI is InChI=1S/C16H20N2O2/c1-10(2)18-9-12(8-17-13-4-5-13)14-6-3-11(16(19)20)7-15(14)18/h3,6-7,9-10,13,17H,4-5,8H2,1-2H3,(H,19,20). The number of carboxylic acids is 1. The van der Waals surface area contributed by atoms with Crippen LogP contribution in [0.4, 0.5) is 0 Å². The normalized spacial score (nSPS) is 15.2. The van der Waals surface area contributed by atoms with Gasteiger partial charge in [0.25, 0.3) is 0 Å². The highest BCUT2D eigenvalue weighted by Crippen LogP contribution is 2.27. The van der Waals surface area contributed by atoms with Crippen LogP contribution in [-0.4, -0.2) is 21.7 Å². The Labute approximate surface area is 118 Å². The summed E-state index contributed by atoms with van der Waals surface area (Å²) in [5.41, 5.74) is 2.60. The maximum atomic E-state index is 11.1. The third-order valence-corrected chi connectivity index (χ3v) is 3.88. The third kappa shape index (κ3) is 2.43. The zero-order chi connectivity index (χ0) is 14.3. The molecule has 1 heterocycles. The first kappa shape index (κ1) is 13.2. The second kappa shape index (κ2) is 4.94. The summed E-state index contributed by atoms with van der Waals surface area (Å²) >= 11 is 0. The van der Waals surface area contributed by atoms with Gasteiger partial charge in [-0.15, -0.1) is 0 Å². The minimum Gasteiger partial charge on any atom is -0.478 e. The average Bonchev–Trinajstić information content (AvgIpc) is 3.16. The van der Waals surface area contributed by atoms with Crippen molar-refractivity contribution in [3.05, 3.63) is 35.5 Å². The van der Waals surface area contributed by atoms with Crippen LogP contribution in [0.25, 0.3) is 10.9 Å². The molecule has 0 spiro atoms. The second-order valence-corrected chi connectivity index (χ2v) is 5.85. The molecule has 1 saturated carbocycles. The number of benzene rings is 1. The molecule has 0 unspecified atom stereocenters. The molecule has 0 saturated heterocycles. The quantitative estimate of drug-likeness (QED) is 0.879. The molecule has 20 heavy (non-hydrogen) atoms. The maximum Gasteiger partial charge on any atom is 0.335 e. The third-order valence-electron chi connectivity index (χ3n) is 3.88. The molecular formula is C16H20N2O2. The van der Waals surface area contributed by atoms with Gasteiger partial charge >= 0.3 is 5.97 Å². The molecule has 106 valence electrons. The topological polar surface area (TPSA) is 54.3 Å². The van der Waals surface area contributed by atoms with Crippen molar-refractivity contribution in [3.63, 3.8) is 0 Å². The van der Waals surface area contributed by atoms with E-state index in [1.807, 2.05) is 6.07 Å². The Balaban J connectivity index is 2.04. The van der Waals surface area contributed by atoms with E-state index in [4.69, 9.17) is 5.11 Å². The molecular weight excluding hydrogens is 252 g/mol. The fourth-order valence-electron chi connectivity index (χ4n) is 2.57. The molecule has 4 nitrogen and oxygen atoms in total. The van der Waals surface area contributed by atoms with Crippen LogP contribution in [0.2, 0.25) is 0 Å². The van der Waals surface area contributed by atoms with Crippen molar-refractivity contribution < 1.29 is 9.90 Å². The van der Waals surface area contributed by atoms with Gasteiger partial charge in [-0.1, -0.05) is 6.07 Å². The Morgan fingerprint density at radius 3 is 2.80 bits per heavy atom. The van der Waals surface area contributed by atoms with E-state index < -0.39 is 5.97 Å². The van der Waals surface area contributed by atoms with Crippen LogP contribution in [0.5, 0.6) is 0 Å². The van der Waals surface area contributed by atoms with Crippen LogP contribution in [0.1, 0.15) is 48.7 Å². The van der Waals surface area contributed by atoms with Crippen LogP contribution in [0, 0.1) is 0 Å². The number of fused-ring (bicyclic) bond motifs is 1. The number of nitrogens with zero attached hydrogens (tertiary/aromatic N) is 1. The molecule has 1 aromatic carbocycles. The van der Waals surface area contributed by atoms with Gasteiger partial charge in [0.05, 0.1) is 5.56 Å². The van der Waals surface area contributed by atoms with Gasteiger partial charge in [0.1, 0.15) is 0 Å². The summed E-state index contributed by atoms with van der Waals surface area (Å²) in [7, 11) is 0. The van der Waals surface area contributed by atoms with E-state index >= 15 is 0 Å². The van der Waals surface area contributed by atoms with Gasteiger partial charge in [-0.25, -0.2) is 4.79 Å². The minimum absolute atomic E-state index is 0.316. The SMILES string of the molecule is CC(C)n1cc(CNC2CC2)c2ccc(C(=O)O)cc21. The summed E-state index contributed by atoms with van der Waals surface area (Å²) in [5.74, 6) is -0.874. The van der Waals surface area contributed by atoms with Crippen LogP contribution >= 0.6 is 0 Å². The lowest BCUT2D eigenvalue weighted by atomic mass is 10.1. The summed E-state index contributed by atoms with van der Waals surface area (Å²) in [6.07, 6.45) is 4.69. The van der Waals surface area contributed by atoms with Crippen molar-refractivity contribution in [1.29, 1.82) is 0 Å². The lowest BCUT2D eigenvalue weighted by Crippen LogP contribution is -2.15. The number of aromatic carboxylic acids is 1. The predicted molar refractivity (Wildman–Crippen MR) is 79.1 cm³/mol. The van der Waals surface area contributed by atoms with Crippen LogP contribution in [-0.2, 0) is 6.54 Å². The van der Waals surface area contributed by atoms with Gasteiger partial charge < -0.3 is 15.0 Å². The molecule has 1 aliphatic carbocycles. The van der Waals surface area contributed by atoms with Crippen molar-refractivity contribution in [2.45, 2.75) is 45.3 Å². The Kier molecular flexibility index (Phi) is 3.26. The van der Waals surface area contributed by atoms with Gasteiger partial charge in [-0.2, -0.15) is 0 Å². The molecule has 1 aliphatic rings. The number of aromatic nitrogens is 1. The predicted octanol–water partition coefficient (Wildman–Crippen LogP) is 3.17. The number of hydrogen-bond donors (Lipinski definition) is 2. The van der Waals surface area contributed by atoms with E-state index in [1.54, 1.807) is 12.1 Å². The molecule has 2 aromatic rings. The van der Waals surface area contributed by atoms with Gasteiger partial charge in [0, 0.05) is 35.7 Å². The van der Waals surface area contributed by atoms with Crippen molar-refractivity contribution in [3.8, 4) is 0 Å². The number of hydrogen-bond acceptors (Lipinski definition) is 2. The molecule has 0 aliphatic heterocycles. The van der Waals surface area contributed by atoms with Gasteiger partial charge in [-0.3, -0.25) is 0 Å². The first-order valence-corrected chi connectivity index (χ1v) is 7.16. The Morgan fingerprint density at radius 1 is 1.45 bits per heavy atom. The minimum atomic E-state index is -0.874. The summed E-state index contributed by atoms with van der Waals surface area (Å²) < 4.78 is 2.16. The van der Waals surface area contributed by atoms with E-state index in [9.17, 15) is 4.79 Å². The van der Waals surface area contributed by atoms with E-state index in [1.165, 1.54) is 18.4 Å². The zero-order valence-corrected chi connectivity index (χ0v) is 11.9. The van der Waals surface area contributed by atoms with Crippen molar-refractivity contribution >= 4 is 16.9 Å². The fraction of sp³-hybridized carbons (Fsp3) is 0.438. The Bertz CT molecular complexity index is 654. The van der Waals surface area contributed by atoms with Gasteiger partial charge in [0.2, 0.25) is 0 Å². The van der Waals surface area contributed by atoms with E-state index in [0.717, 1.165) is 17.4 Å². The molecule has 1 aromatic heterocycles. The molecule has 0 bridgehead atoms. The van der Waals surface area contributed by atoms with Crippen LogP contribution < -0.4 is 5.32 Å². The summed E-state index contributed by atoms with van der Waals surface area (Å²) in [4.78, 5) is 11.1. The monoisotopic (exact) mass is 272 g/mol. The Morgan fingerprint density at radius 2 is 2.20 bits per heavy atom. The lowest BCUT2D eigenvalue weighted by molar-refractivity contribution is 0.0697. The molecule has 1 fully saturated rings. The first-order valence-electron chi connectivity index (χ1n) is 7.16. The fourth-order valence-corrected chi connectivity index (χ4v) is 2.57. The number of rotatable bonds is 5. The number of nitrogens with one attached hydrogen (secondary N) is 1. The number of carbonyl (C=O) groups is 1.